The number of hydrogen-bond donors (Lipinski definition) is 17. The second kappa shape index (κ2) is 30.5. The van der Waals surface area contributed by atoms with Crippen molar-refractivity contribution < 1.29 is 123 Å². The molecule has 30 heteroatoms. The first-order valence-electron chi connectivity index (χ1n) is 23.8. The fourth-order valence-corrected chi connectivity index (χ4v) is 8.00. The summed E-state index contributed by atoms with van der Waals surface area (Å²) in [5.41, 5.74) is 0. The Bertz CT molecular complexity index is 1640. The quantitative estimate of drug-likeness (QED) is 0.0324. The normalized spacial score (nSPS) is 37.2. The van der Waals surface area contributed by atoms with Gasteiger partial charge >= 0.3 is 0 Å². The van der Waals surface area contributed by atoms with Crippen LogP contribution in [0.4, 0.5) is 0 Å². The second-order valence-electron chi connectivity index (χ2n) is 17.7. The van der Waals surface area contributed by atoms with Gasteiger partial charge in [-0.2, -0.15) is 0 Å². The molecule has 4 heterocycles. The zero-order chi connectivity index (χ0) is 53.2. The molecule has 418 valence electrons. The molecule has 0 aromatic heterocycles. The van der Waals surface area contributed by atoms with Gasteiger partial charge in [-0.15, -0.1) is 0 Å². The summed E-state index contributed by atoms with van der Waals surface area (Å²) in [5.74, 6) is -1.96. The smallest absolute Gasteiger partial charge is 0.234 e. The molecule has 0 aromatic rings. The number of aliphatic hydroxyl groups excluding tert-OH is 13. The Hall–Kier alpha value is -3.00. The Balaban J connectivity index is 1.36. The van der Waals surface area contributed by atoms with Gasteiger partial charge in [0, 0.05) is 32.6 Å². The van der Waals surface area contributed by atoms with Crippen LogP contribution in [0.3, 0.4) is 0 Å². The highest BCUT2D eigenvalue weighted by molar-refractivity contribution is 5.84. The van der Waals surface area contributed by atoms with Crippen LogP contribution in [-0.2, 0) is 57.1 Å². The molecule has 4 fully saturated rings. The van der Waals surface area contributed by atoms with E-state index >= 15 is 0 Å². The number of ether oxygens (including phenoxy) is 8. The number of amides is 4. The summed E-state index contributed by atoms with van der Waals surface area (Å²) in [7, 11) is 0. The number of aliphatic hydroxyl groups is 13. The van der Waals surface area contributed by atoms with E-state index in [0.717, 1.165) is 0 Å². The summed E-state index contributed by atoms with van der Waals surface area (Å²) >= 11 is 0. The minimum Gasteiger partial charge on any atom is -0.394 e. The van der Waals surface area contributed by atoms with Crippen molar-refractivity contribution in [3.8, 4) is 0 Å². The van der Waals surface area contributed by atoms with Crippen LogP contribution in [0.25, 0.3) is 0 Å². The lowest BCUT2D eigenvalue weighted by atomic mass is 9.96. The van der Waals surface area contributed by atoms with Gasteiger partial charge in [0.05, 0.1) is 58.8 Å². The largest absolute Gasteiger partial charge is 0.394 e. The van der Waals surface area contributed by atoms with E-state index in [-0.39, 0.29) is 32.1 Å². The van der Waals surface area contributed by atoms with E-state index in [4.69, 9.17) is 37.9 Å². The average Bonchev–Trinajstić information content (AvgIpc) is 3.34. The number of nitrogens with zero attached hydrogens (tertiary/aromatic N) is 1. The third kappa shape index (κ3) is 17.8. The average molecular weight is 1050 g/mol. The van der Waals surface area contributed by atoms with Crippen LogP contribution in [0.5, 0.6) is 0 Å². The molecular weight excluding hydrogens is 974 g/mol. The monoisotopic (exact) mass is 1050 g/mol. The molecule has 20 atom stereocenters. The minimum absolute atomic E-state index is 0.0834. The third-order valence-corrected chi connectivity index (χ3v) is 12.2. The zero-order valence-electron chi connectivity index (χ0n) is 40.0. The van der Waals surface area contributed by atoms with Crippen molar-refractivity contribution in [3.05, 3.63) is 0 Å². The fourth-order valence-electron chi connectivity index (χ4n) is 8.00. The van der Waals surface area contributed by atoms with E-state index in [1.807, 2.05) is 6.92 Å². The Kier molecular flexibility index (Phi) is 26.1. The van der Waals surface area contributed by atoms with Gasteiger partial charge in [-0.3, -0.25) is 24.1 Å². The molecule has 4 aliphatic rings. The summed E-state index contributed by atoms with van der Waals surface area (Å²) in [5, 5.41) is 145. The van der Waals surface area contributed by atoms with Crippen molar-refractivity contribution in [2.75, 3.05) is 78.8 Å². The number of nitrogens with one attached hydrogen (secondary N) is 4. The van der Waals surface area contributed by atoms with Crippen LogP contribution in [0.2, 0.25) is 0 Å². The summed E-state index contributed by atoms with van der Waals surface area (Å²) in [6.45, 7) is -0.738. The van der Waals surface area contributed by atoms with Crippen LogP contribution in [-0.4, -0.2) is 297 Å². The molecule has 4 rings (SSSR count). The SMILES string of the molecule is CCNC(=O)CCCCCNC(=O)CN(CC(=O)NCCO[C@@H]1O[C@@H](C)[C@@H](O)[C@@H](O)[C@@H]1O)CC(=O)NCCO[C@H]1O[C@H](CO[C@H]2O[C@H](CO)[C@@H](O)[C@H](O)[C@@H]2O)[C@@H](O)[C@H](O[C@H]2O[C@H](CO)[C@@H](O)[C@H](O)[C@@H]2O)[C@@H]1O. The molecule has 0 unspecified atom stereocenters. The molecule has 72 heavy (non-hydrogen) atoms. The van der Waals surface area contributed by atoms with E-state index in [9.17, 15) is 85.6 Å². The molecule has 0 bridgehead atoms. The first-order chi connectivity index (χ1) is 34.2. The molecular formula is C42H75N5O25. The number of unbranched alkanes of at least 4 members (excludes halogenated alkanes) is 2. The molecule has 0 radical (unpaired) electrons. The van der Waals surface area contributed by atoms with Crippen LogP contribution in [0.15, 0.2) is 0 Å². The molecule has 4 amide bonds. The molecule has 0 saturated carbocycles. The van der Waals surface area contributed by atoms with Gasteiger partial charge in [0.1, 0.15) is 91.6 Å². The first-order valence-corrected chi connectivity index (χ1v) is 23.8. The first kappa shape index (κ1) is 61.5. The molecule has 4 saturated heterocycles. The maximum Gasteiger partial charge on any atom is 0.234 e. The van der Waals surface area contributed by atoms with E-state index < -0.39 is 187 Å². The van der Waals surface area contributed by atoms with E-state index in [1.54, 1.807) is 0 Å². The minimum atomic E-state index is -1.97. The molecule has 17 N–H and O–H groups in total. The van der Waals surface area contributed by atoms with Crippen molar-refractivity contribution in [2.24, 2.45) is 0 Å². The fraction of sp³-hybridized carbons (Fsp3) is 0.905. The molecule has 30 nitrogen and oxygen atoms in total. The van der Waals surface area contributed by atoms with Gasteiger partial charge in [-0.25, -0.2) is 0 Å². The highest BCUT2D eigenvalue weighted by atomic mass is 16.8. The maximum atomic E-state index is 13.2. The summed E-state index contributed by atoms with van der Waals surface area (Å²) in [6, 6.07) is 0. The lowest BCUT2D eigenvalue weighted by Gasteiger charge is -2.46. The highest BCUT2D eigenvalue weighted by Gasteiger charge is 2.52. The highest BCUT2D eigenvalue weighted by Crippen LogP contribution is 2.31. The third-order valence-electron chi connectivity index (χ3n) is 12.2. The Labute approximate surface area is 414 Å². The topological polar surface area (TPSA) is 456 Å². The molecule has 0 aliphatic carbocycles. The van der Waals surface area contributed by atoms with Crippen LogP contribution in [0.1, 0.15) is 39.5 Å². The maximum absolute atomic E-state index is 13.2. The summed E-state index contributed by atoms with van der Waals surface area (Å²) in [4.78, 5) is 52.1. The van der Waals surface area contributed by atoms with Crippen molar-refractivity contribution in [1.82, 2.24) is 26.2 Å². The summed E-state index contributed by atoms with van der Waals surface area (Å²) in [6.07, 6.45) is -30.9. The lowest BCUT2D eigenvalue weighted by molar-refractivity contribution is -0.366. The van der Waals surface area contributed by atoms with Gasteiger partial charge < -0.3 is 126 Å². The Morgan fingerprint density at radius 3 is 1.46 bits per heavy atom. The van der Waals surface area contributed by atoms with Crippen LogP contribution >= 0.6 is 0 Å². The van der Waals surface area contributed by atoms with Crippen molar-refractivity contribution in [2.45, 2.75) is 162 Å². The van der Waals surface area contributed by atoms with Crippen LogP contribution < -0.4 is 21.3 Å². The molecule has 0 spiro atoms. The van der Waals surface area contributed by atoms with Gasteiger partial charge in [-0.1, -0.05) is 6.42 Å². The van der Waals surface area contributed by atoms with Gasteiger partial charge in [-0.05, 0) is 26.7 Å². The predicted octanol–water partition coefficient (Wildman–Crippen LogP) is -10.4. The number of rotatable bonds is 28. The molecule has 4 aliphatic heterocycles. The molecule has 0 aromatic carbocycles. The van der Waals surface area contributed by atoms with Crippen molar-refractivity contribution >= 4 is 23.6 Å². The number of carbonyl (C=O) groups is 4. The zero-order valence-corrected chi connectivity index (χ0v) is 40.0. The van der Waals surface area contributed by atoms with Crippen LogP contribution in [0, 0.1) is 0 Å². The number of carbonyl (C=O) groups excluding carboxylic acids is 4. The Morgan fingerprint density at radius 1 is 0.472 bits per heavy atom. The second-order valence-corrected chi connectivity index (χ2v) is 17.7. The predicted molar refractivity (Wildman–Crippen MR) is 236 cm³/mol. The van der Waals surface area contributed by atoms with E-state index in [1.165, 1.54) is 11.8 Å². The summed E-state index contributed by atoms with van der Waals surface area (Å²) < 4.78 is 44.2. The standard InChI is InChI=1S/C42H75N5O25/c1-3-43-23(50)7-5-4-6-8-44-24(51)13-47(14-25(52)45-9-11-65-39-34(61)31(58)27(54)19(2)68-39)15-26(53)46-10-12-66-41-37(64)38(72-42-36(63)33(60)29(56)21(17-49)70-42)30(57)22(71-41)18-67-40-35(62)32(59)28(55)20(16-48)69-40/h19-22,27-42,48-49,54-64H,3-18H2,1-2H3,(H,43,50)(H,44,51)(H,45,52)(H,46,53)/t19-,20+,21+,22+,27+,28+,29+,30+,31+,32-,33-,34-,35-,36-,37-,38-,39+,40-,41-,42+/m0/s1. The van der Waals surface area contributed by atoms with Crippen molar-refractivity contribution in [1.29, 1.82) is 0 Å². The number of hydrogen-bond acceptors (Lipinski definition) is 26. The van der Waals surface area contributed by atoms with Gasteiger partial charge in [0.25, 0.3) is 0 Å². The van der Waals surface area contributed by atoms with Gasteiger partial charge in [0.2, 0.25) is 23.6 Å². The lowest BCUT2D eigenvalue weighted by Crippen LogP contribution is -2.65. The van der Waals surface area contributed by atoms with Gasteiger partial charge in [0.15, 0.2) is 25.2 Å². The van der Waals surface area contributed by atoms with E-state index in [0.29, 0.717) is 32.2 Å². The van der Waals surface area contributed by atoms with E-state index in [2.05, 4.69) is 21.3 Å². The Morgan fingerprint density at radius 2 is 0.931 bits per heavy atom. The van der Waals surface area contributed by atoms with Crippen molar-refractivity contribution in [3.63, 3.8) is 0 Å².